The van der Waals surface area contributed by atoms with Crippen LogP contribution in [-0.2, 0) is 17.4 Å². The summed E-state index contributed by atoms with van der Waals surface area (Å²) < 4.78 is 23.4. The molecule has 0 spiro atoms. The first-order valence-electron chi connectivity index (χ1n) is 13.8. The average Bonchev–Trinajstić information content (AvgIpc) is 2.85. The van der Waals surface area contributed by atoms with E-state index >= 15 is 0 Å². The Morgan fingerprint density at radius 2 is 0.824 bits per heavy atom. The van der Waals surface area contributed by atoms with Crippen LogP contribution in [0.3, 0.4) is 0 Å². The van der Waals surface area contributed by atoms with Crippen molar-refractivity contribution in [1.29, 1.82) is 0 Å². The SMILES string of the molecule is CCCCCCCCCc1ccc(O[PH](=O)Oc2ccc(CCCCCCCCC)cc2)cc1. The fourth-order valence-corrected chi connectivity index (χ4v) is 4.93. The van der Waals surface area contributed by atoms with Gasteiger partial charge in [0.05, 0.1) is 0 Å². The molecule has 0 bridgehead atoms. The highest BCUT2D eigenvalue weighted by Gasteiger charge is 2.05. The fourth-order valence-electron chi connectivity index (χ4n) is 4.23. The minimum absolute atomic E-state index is 0.600. The van der Waals surface area contributed by atoms with Crippen LogP contribution in [0, 0.1) is 0 Å². The highest BCUT2D eigenvalue weighted by Crippen LogP contribution is 2.31. The maximum absolute atomic E-state index is 12.3. The predicted octanol–water partition coefficient (Wildman–Crippen LogP) is 10.1. The third-order valence-electron chi connectivity index (χ3n) is 6.39. The first kappa shape index (κ1) is 28.5. The monoisotopic (exact) mass is 486 g/mol. The molecule has 0 unspecified atom stereocenters. The van der Waals surface area contributed by atoms with Crippen molar-refractivity contribution in [3.63, 3.8) is 0 Å². The molecule has 0 heterocycles. The Balaban J connectivity index is 1.61. The van der Waals surface area contributed by atoms with Crippen molar-refractivity contribution in [3.05, 3.63) is 59.7 Å². The lowest BCUT2D eigenvalue weighted by atomic mass is 10.0. The molecule has 0 N–H and O–H groups in total. The molecule has 0 atom stereocenters. The Morgan fingerprint density at radius 1 is 0.500 bits per heavy atom. The third-order valence-corrected chi connectivity index (χ3v) is 7.19. The van der Waals surface area contributed by atoms with E-state index in [1.807, 2.05) is 24.3 Å². The van der Waals surface area contributed by atoms with Gasteiger partial charge in [-0.3, -0.25) is 0 Å². The quantitative estimate of drug-likeness (QED) is 0.138. The van der Waals surface area contributed by atoms with Crippen LogP contribution in [0.5, 0.6) is 11.5 Å². The Bertz CT molecular complexity index is 705. The van der Waals surface area contributed by atoms with Crippen LogP contribution < -0.4 is 9.05 Å². The second kappa shape index (κ2) is 18.6. The Hall–Kier alpha value is -1.73. The lowest BCUT2D eigenvalue weighted by Crippen LogP contribution is -1.91. The van der Waals surface area contributed by atoms with E-state index in [9.17, 15) is 4.57 Å². The first-order valence-corrected chi connectivity index (χ1v) is 15.0. The van der Waals surface area contributed by atoms with Crippen molar-refractivity contribution in [2.75, 3.05) is 0 Å². The van der Waals surface area contributed by atoms with Gasteiger partial charge in [0.2, 0.25) is 0 Å². The lowest BCUT2D eigenvalue weighted by Gasteiger charge is -2.09. The van der Waals surface area contributed by atoms with E-state index in [-0.39, 0.29) is 0 Å². The Labute approximate surface area is 209 Å². The van der Waals surface area contributed by atoms with Crippen molar-refractivity contribution in [2.24, 2.45) is 0 Å². The second-order valence-corrected chi connectivity index (χ2v) is 10.4. The van der Waals surface area contributed by atoms with E-state index < -0.39 is 8.25 Å². The van der Waals surface area contributed by atoms with Gasteiger partial charge in [0.25, 0.3) is 0 Å². The van der Waals surface area contributed by atoms with Crippen LogP contribution in [0.1, 0.15) is 115 Å². The van der Waals surface area contributed by atoms with Crippen LogP contribution in [0.25, 0.3) is 0 Å². The van der Waals surface area contributed by atoms with Gasteiger partial charge in [0, 0.05) is 0 Å². The minimum Gasteiger partial charge on any atom is -0.418 e. The summed E-state index contributed by atoms with van der Waals surface area (Å²) in [5.41, 5.74) is 2.61. The second-order valence-electron chi connectivity index (χ2n) is 9.48. The molecule has 2 aromatic carbocycles. The van der Waals surface area contributed by atoms with Crippen LogP contribution in [0.15, 0.2) is 48.5 Å². The van der Waals surface area contributed by atoms with Gasteiger partial charge < -0.3 is 9.05 Å². The molecule has 0 radical (unpaired) electrons. The van der Waals surface area contributed by atoms with Crippen molar-refractivity contribution >= 4 is 8.25 Å². The van der Waals surface area contributed by atoms with E-state index in [4.69, 9.17) is 9.05 Å². The van der Waals surface area contributed by atoms with E-state index in [1.54, 1.807) is 0 Å². The highest BCUT2D eigenvalue weighted by atomic mass is 31.1. The molecule has 0 aliphatic heterocycles. The van der Waals surface area contributed by atoms with E-state index in [1.165, 1.54) is 101 Å². The summed E-state index contributed by atoms with van der Waals surface area (Å²) >= 11 is 0. The summed E-state index contributed by atoms with van der Waals surface area (Å²) in [4.78, 5) is 0. The molecule has 0 aliphatic carbocycles. The van der Waals surface area contributed by atoms with Crippen LogP contribution in [0.4, 0.5) is 0 Å². The fraction of sp³-hybridized carbons (Fsp3) is 0.600. The molecule has 34 heavy (non-hydrogen) atoms. The van der Waals surface area contributed by atoms with Crippen LogP contribution >= 0.6 is 8.25 Å². The molecule has 0 aromatic heterocycles. The summed E-state index contributed by atoms with van der Waals surface area (Å²) in [7, 11) is -2.63. The standard InChI is InChI=1S/C30H47O3P/c1-3-5-7-9-11-13-15-17-27-19-23-29(24-20-27)32-34(31)33-30-25-21-28(22-26-30)18-16-14-12-10-8-6-4-2/h19-26,34H,3-18H2,1-2H3. The first-order chi connectivity index (χ1) is 16.7. The Kier molecular flexibility index (Phi) is 15.6. The number of unbranched alkanes of at least 4 members (excludes halogenated alkanes) is 12. The molecule has 0 aliphatic rings. The summed E-state index contributed by atoms with van der Waals surface area (Å²) in [5, 5.41) is 0. The van der Waals surface area contributed by atoms with Gasteiger partial charge in [-0.25, -0.2) is 4.57 Å². The number of aryl methyl sites for hydroxylation is 2. The van der Waals surface area contributed by atoms with E-state index in [0.717, 1.165) is 12.8 Å². The minimum atomic E-state index is -2.63. The zero-order chi connectivity index (χ0) is 24.3. The van der Waals surface area contributed by atoms with Gasteiger partial charge >= 0.3 is 8.25 Å². The summed E-state index contributed by atoms with van der Waals surface area (Å²) in [6.45, 7) is 4.51. The summed E-state index contributed by atoms with van der Waals surface area (Å²) in [5.74, 6) is 1.20. The van der Waals surface area contributed by atoms with Crippen LogP contribution in [0.2, 0.25) is 0 Å². The number of hydrogen-bond acceptors (Lipinski definition) is 3. The zero-order valence-corrected chi connectivity index (χ0v) is 22.7. The topological polar surface area (TPSA) is 35.5 Å². The van der Waals surface area contributed by atoms with Crippen molar-refractivity contribution in [3.8, 4) is 11.5 Å². The Morgan fingerprint density at radius 3 is 1.18 bits per heavy atom. The predicted molar refractivity (Wildman–Crippen MR) is 147 cm³/mol. The summed E-state index contributed by atoms with van der Waals surface area (Å²) in [6.07, 6.45) is 20.7. The molecule has 0 saturated carbocycles. The van der Waals surface area contributed by atoms with Gasteiger partial charge in [-0.05, 0) is 61.1 Å². The van der Waals surface area contributed by atoms with Gasteiger partial charge in [-0.15, -0.1) is 0 Å². The largest absolute Gasteiger partial charge is 0.418 e. The molecular formula is C30H47O3P. The zero-order valence-electron chi connectivity index (χ0n) is 21.7. The molecule has 0 saturated heterocycles. The molecule has 4 heteroatoms. The smallest absolute Gasteiger partial charge is 0.418 e. The highest BCUT2D eigenvalue weighted by molar-refractivity contribution is 7.34. The molecule has 0 amide bonds. The number of hydrogen-bond donors (Lipinski definition) is 0. The van der Waals surface area contributed by atoms with Gasteiger partial charge in [-0.1, -0.05) is 115 Å². The van der Waals surface area contributed by atoms with Gasteiger partial charge in [0.1, 0.15) is 11.5 Å². The molecule has 0 fully saturated rings. The van der Waals surface area contributed by atoms with E-state index in [2.05, 4.69) is 38.1 Å². The van der Waals surface area contributed by atoms with Gasteiger partial charge in [0.15, 0.2) is 0 Å². The average molecular weight is 487 g/mol. The van der Waals surface area contributed by atoms with Crippen LogP contribution in [-0.4, -0.2) is 0 Å². The van der Waals surface area contributed by atoms with Gasteiger partial charge in [-0.2, -0.15) is 0 Å². The number of rotatable bonds is 20. The van der Waals surface area contributed by atoms with Crippen molar-refractivity contribution in [1.82, 2.24) is 0 Å². The molecule has 2 rings (SSSR count). The van der Waals surface area contributed by atoms with Crippen molar-refractivity contribution < 1.29 is 13.6 Å². The number of benzene rings is 2. The van der Waals surface area contributed by atoms with E-state index in [0.29, 0.717) is 11.5 Å². The van der Waals surface area contributed by atoms with Crippen molar-refractivity contribution in [2.45, 2.75) is 117 Å². The maximum atomic E-state index is 12.3. The molecule has 2 aromatic rings. The summed E-state index contributed by atoms with van der Waals surface area (Å²) in [6, 6.07) is 15.9. The molecule has 190 valence electrons. The lowest BCUT2D eigenvalue weighted by molar-refractivity contribution is 0.415. The normalized spacial score (nSPS) is 11.1. The molecular weight excluding hydrogens is 439 g/mol. The maximum Gasteiger partial charge on any atom is 0.418 e. The molecule has 3 nitrogen and oxygen atoms in total. The third kappa shape index (κ3) is 13.2.